The van der Waals surface area contributed by atoms with Crippen LogP contribution in [0.1, 0.15) is 59.8 Å². The molecule has 2 rings (SSSR count). The van der Waals surface area contributed by atoms with Crippen LogP contribution in [0, 0.1) is 11.8 Å². The maximum atomic E-state index is 3.71. The van der Waals surface area contributed by atoms with Gasteiger partial charge in [0, 0.05) is 31.2 Å². The SMILES string of the molecule is CC(C)C1CN(C(C)C2CCCCC2)C(C)CN1. The number of nitrogens with one attached hydrogen (secondary N) is 1. The van der Waals surface area contributed by atoms with E-state index >= 15 is 0 Å². The third kappa shape index (κ3) is 3.27. The number of rotatable bonds is 3. The lowest BCUT2D eigenvalue weighted by Gasteiger charge is -2.46. The fourth-order valence-electron chi connectivity index (χ4n) is 3.81. The maximum absolute atomic E-state index is 3.71. The average Bonchev–Trinajstić information content (AvgIpc) is 2.39. The molecule has 0 spiro atoms. The Kier molecular flexibility index (Phi) is 5.08. The first-order valence-corrected chi connectivity index (χ1v) is 8.08. The highest BCUT2D eigenvalue weighted by molar-refractivity contribution is 4.90. The van der Waals surface area contributed by atoms with Crippen molar-refractivity contribution in [2.45, 2.75) is 77.9 Å². The van der Waals surface area contributed by atoms with Crippen LogP contribution in [0.3, 0.4) is 0 Å². The second-order valence-corrected chi connectivity index (χ2v) is 6.94. The Morgan fingerprint density at radius 2 is 1.72 bits per heavy atom. The molecule has 18 heavy (non-hydrogen) atoms. The molecule has 2 heteroatoms. The molecule has 3 atom stereocenters. The Bertz CT molecular complexity index is 245. The van der Waals surface area contributed by atoms with Gasteiger partial charge >= 0.3 is 0 Å². The molecule has 0 aromatic rings. The summed E-state index contributed by atoms with van der Waals surface area (Å²) in [5.74, 6) is 1.70. The lowest BCUT2D eigenvalue weighted by molar-refractivity contribution is 0.0474. The fourth-order valence-corrected chi connectivity index (χ4v) is 3.81. The van der Waals surface area contributed by atoms with Gasteiger partial charge in [-0.3, -0.25) is 4.90 Å². The Morgan fingerprint density at radius 1 is 1.06 bits per heavy atom. The molecule has 1 aliphatic carbocycles. The third-order valence-corrected chi connectivity index (χ3v) is 5.31. The Labute approximate surface area is 114 Å². The molecule has 3 unspecified atom stereocenters. The van der Waals surface area contributed by atoms with Gasteiger partial charge in [0.05, 0.1) is 0 Å². The van der Waals surface area contributed by atoms with Crippen molar-refractivity contribution in [3.8, 4) is 0 Å². The normalized spacial score (nSPS) is 33.8. The van der Waals surface area contributed by atoms with Gasteiger partial charge in [-0.2, -0.15) is 0 Å². The van der Waals surface area contributed by atoms with Gasteiger partial charge in [-0.05, 0) is 38.5 Å². The van der Waals surface area contributed by atoms with E-state index < -0.39 is 0 Å². The molecule has 2 nitrogen and oxygen atoms in total. The summed E-state index contributed by atoms with van der Waals surface area (Å²) < 4.78 is 0. The second-order valence-electron chi connectivity index (χ2n) is 6.94. The van der Waals surface area contributed by atoms with Crippen molar-refractivity contribution in [3.05, 3.63) is 0 Å². The number of hydrogen-bond acceptors (Lipinski definition) is 2. The second kappa shape index (κ2) is 6.38. The first-order valence-electron chi connectivity index (χ1n) is 8.08. The molecular weight excluding hydrogens is 220 g/mol. The largest absolute Gasteiger partial charge is 0.311 e. The van der Waals surface area contributed by atoms with E-state index in [2.05, 4.69) is 37.9 Å². The van der Waals surface area contributed by atoms with Gasteiger partial charge in [-0.15, -0.1) is 0 Å². The lowest BCUT2D eigenvalue weighted by Crippen LogP contribution is -2.60. The summed E-state index contributed by atoms with van der Waals surface area (Å²) in [5.41, 5.74) is 0. The van der Waals surface area contributed by atoms with Crippen LogP contribution in [0.2, 0.25) is 0 Å². The van der Waals surface area contributed by atoms with E-state index in [0.717, 1.165) is 17.9 Å². The lowest BCUT2D eigenvalue weighted by atomic mass is 9.83. The molecule has 0 aromatic heterocycles. The summed E-state index contributed by atoms with van der Waals surface area (Å²) in [7, 11) is 0. The third-order valence-electron chi connectivity index (χ3n) is 5.31. The molecule has 1 aliphatic heterocycles. The summed E-state index contributed by atoms with van der Waals surface area (Å²) in [6, 6.07) is 2.17. The molecule has 0 amide bonds. The molecule has 2 fully saturated rings. The highest BCUT2D eigenvalue weighted by Crippen LogP contribution is 2.30. The van der Waals surface area contributed by atoms with Crippen molar-refractivity contribution in [1.82, 2.24) is 10.2 Å². The van der Waals surface area contributed by atoms with Crippen molar-refractivity contribution in [3.63, 3.8) is 0 Å². The van der Waals surface area contributed by atoms with Gasteiger partial charge in [-0.25, -0.2) is 0 Å². The maximum Gasteiger partial charge on any atom is 0.0218 e. The zero-order valence-corrected chi connectivity index (χ0v) is 12.8. The van der Waals surface area contributed by atoms with Gasteiger partial charge in [0.25, 0.3) is 0 Å². The van der Waals surface area contributed by atoms with E-state index in [-0.39, 0.29) is 0 Å². The van der Waals surface area contributed by atoms with Crippen LogP contribution in [0.4, 0.5) is 0 Å². The summed E-state index contributed by atoms with van der Waals surface area (Å²) in [4.78, 5) is 2.79. The quantitative estimate of drug-likeness (QED) is 0.829. The van der Waals surface area contributed by atoms with Gasteiger partial charge in [0.1, 0.15) is 0 Å². The van der Waals surface area contributed by atoms with Crippen molar-refractivity contribution >= 4 is 0 Å². The Morgan fingerprint density at radius 3 is 2.33 bits per heavy atom. The highest BCUT2D eigenvalue weighted by Gasteiger charge is 2.33. The first kappa shape index (κ1) is 14.3. The van der Waals surface area contributed by atoms with Crippen molar-refractivity contribution in [2.24, 2.45) is 11.8 Å². The molecule has 1 N–H and O–H groups in total. The summed E-state index contributed by atoms with van der Waals surface area (Å²) >= 11 is 0. The van der Waals surface area contributed by atoms with E-state index in [9.17, 15) is 0 Å². The predicted molar refractivity (Wildman–Crippen MR) is 78.8 cm³/mol. The summed E-state index contributed by atoms with van der Waals surface area (Å²) in [6.07, 6.45) is 7.31. The van der Waals surface area contributed by atoms with E-state index in [0.29, 0.717) is 12.1 Å². The van der Waals surface area contributed by atoms with E-state index in [1.54, 1.807) is 0 Å². The molecule has 1 saturated carbocycles. The monoisotopic (exact) mass is 252 g/mol. The molecule has 0 bridgehead atoms. The molecule has 106 valence electrons. The van der Waals surface area contributed by atoms with E-state index in [1.807, 2.05) is 0 Å². The zero-order valence-electron chi connectivity index (χ0n) is 12.8. The standard InChI is InChI=1S/C16H32N2/c1-12(2)16-11-18(13(3)10-17-16)14(4)15-8-6-5-7-9-15/h12-17H,5-11H2,1-4H3. The van der Waals surface area contributed by atoms with Crippen molar-refractivity contribution in [1.29, 1.82) is 0 Å². The van der Waals surface area contributed by atoms with Crippen LogP contribution >= 0.6 is 0 Å². The first-order chi connectivity index (χ1) is 8.59. The summed E-state index contributed by atoms with van der Waals surface area (Å²) in [5, 5.41) is 3.71. The number of piperazine rings is 1. The molecule has 2 aliphatic rings. The van der Waals surface area contributed by atoms with Gasteiger partial charge in [0.15, 0.2) is 0 Å². The zero-order chi connectivity index (χ0) is 13.1. The summed E-state index contributed by atoms with van der Waals surface area (Å²) in [6.45, 7) is 12.0. The van der Waals surface area contributed by atoms with Gasteiger partial charge in [0.2, 0.25) is 0 Å². The highest BCUT2D eigenvalue weighted by atomic mass is 15.3. The average molecular weight is 252 g/mol. The van der Waals surface area contributed by atoms with E-state index in [1.165, 1.54) is 45.2 Å². The van der Waals surface area contributed by atoms with Gasteiger partial charge in [-0.1, -0.05) is 33.1 Å². The van der Waals surface area contributed by atoms with Crippen LogP contribution in [-0.2, 0) is 0 Å². The molecule has 0 aromatic carbocycles. The Hall–Kier alpha value is -0.0800. The molecular formula is C16H32N2. The van der Waals surface area contributed by atoms with E-state index in [4.69, 9.17) is 0 Å². The van der Waals surface area contributed by atoms with Crippen LogP contribution in [0.25, 0.3) is 0 Å². The minimum Gasteiger partial charge on any atom is -0.311 e. The fraction of sp³-hybridized carbons (Fsp3) is 1.00. The smallest absolute Gasteiger partial charge is 0.0218 e. The topological polar surface area (TPSA) is 15.3 Å². The Balaban J connectivity index is 1.95. The number of nitrogens with zero attached hydrogens (tertiary/aromatic N) is 1. The minimum atomic E-state index is 0.687. The minimum absolute atomic E-state index is 0.687. The molecule has 1 heterocycles. The van der Waals surface area contributed by atoms with Gasteiger partial charge < -0.3 is 5.32 Å². The van der Waals surface area contributed by atoms with Crippen LogP contribution in [-0.4, -0.2) is 36.1 Å². The van der Waals surface area contributed by atoms with Crippen LogP contribution in [0.5, 0.6) is 0 Å². The van der Waals surface area contributed by atoms with Crippen LogP contribution in [0.15, 0.2) is 0 Å². The van der Waals surface area contributed by atoms with Crippen LogP contribution < -0.4 is 5.32 Å². The van der Waals surface area contributed by atoms with Crippen molar-refractivity contribution in [2.75, 3.05) is 13.1 Å². The number of hydrogen-bond donors (Lipinski definition) is 1. The van der Waals surface area contributed by atoms with Crippen molar-refractivity contribution < 1.29 is 0 Å². The predicted octanol–water partition coefficient (Wildman–Crippen LogP) is 3.27. The molecule has 1 saturated heterocycles. The molecule has 0 radical (unpaired) electrons.